The Balaban J connectivity index is 2.54. The lowest BCUT2D eigenvalue weighted by molar-refractivity contribution is 0.648. The zero-order chi connectivity index (χ0) is 11.7. The van der Waals surface area contributed by atoms with Gasteiger partial charge in [0, 0.05) is 0 Å². The fraction of sp³-hybridized carbons (Fsp3) is 0.375. The molecule has 0 radical (unpaired) electrons. The quantitative estimate of drug-likeness (QED) is 0.682. The molecule has 0 heterocycles. The van der Waals surface area contributed by atoms with E-state index in [0.717, 1.165) is 6.42 Å². The van der Waals surface area contributed by atoms with Gasteiger partial charge < -0.3 is 0 Å². The predicted molar refractivity (Wildman–Crippen MR) is 71.1 cm³/mol. The fourth-order valence-corrected chi connectivity index (χ4v) is 2.29. The van der Waals surface area contributed by atoms with Crippen LogP contribution in [-0.4, -0.2) is 0 Å². The molecule has 0 N–H and O–H groups in total. The monoisotopic (exact) mass is 212 g/mol. The zero-order valence-corrected chi connectivity index (χ0v) is 10.7. The smallest absolute Gasteiger partial charge is 0.0149 e. The first-order chi connectivity index (χ1) is 7.58. The summed E-state index contributed by atoms with van der Waals surface area (Å²) in [6.07, 6.45) is 1.16. The molecule has 0 amide bonds. The lowest BCUT2D eigenvalue weighted by Gasteiger charge is -2.03. The standard InChI is InChI=1S/C16H20/c1-11(2)9-14-7-5-12(3)15-8-6-13(4)16(15)10-14/h5-8,10-11H,9H2,1-4H3. The van der Waals surface area contributed by atoms with E-state index in [1.54, 1.807) is 0 Å². The molecule has 0 saturated heterocycles. The molecule has 0 aromatic rings. The average Bonchev–Trinajstić information content (AvgIpc) is 2.48. The molecule has 0 aromatic carbocycles. The summed E-state index contributed by atoms with van der Waals surface area (Å²) in [5.41, 5.74) is 7.02. The van der Waals surface area contributed by atoms with Gasteiger partial charge in [0.1, 0.15) is 0 Å². The van der Waals surface area contributed by atoms with Gasteiger partial charge in [0.15, 0.2) is 0 Å². The molecule has 0 fully saturated rings. The zero-order valence-electron chi connectivity index (χ0n) is 10.7. The van der Waals surface area contributed by atoms with Gasteiger partial charge in [-0.05, 0) is 54.0 Å². The van der Waals surface area contributed by atoms with Gasteiger partial charge in [0.25, 0.3) is 0 Å². The Labute approximate surface area is 98.7 Å². The van der Waals surface area contributed by atoms with E-state index in [0.29, 0.717) is 5.92 Å². The van der Waals surface area contributed by atoms with Gasteiger partial charge in [-0.25, -0.2) is 0 Å². The summed E-state index contributed by atoms with van der Waals surface area (Å²) in [7, 11) is 0. The minimum absolute atomic E-state index is 0.716. The van der Waals surface area contributed by atoms with Crippen LogP contribution >= 0.6 is 0 Å². The van der Waals surface area contributed by atoms with Crippen LogP contribution in [0.4, 0.5) is 0 Å². The lowest BCUT2D eigenvalue weighted by atomic mass is 10.0. The second-order valence-corrected chi connectivity index (χ2v) is 5.18. The van der Waals surface area contributed by atoms with E-state index in [2.05, 4.69) is 58.0 Å². The van der Waals surface area contributed by atoms with Gasteiger partial charge in [0.2, 0.25) is 0 Å². The van der Waals surface area contributed by atoms with Crippen LogP contribution in [0.5, 0.6) is 0 Å². The third kappa shape index (κ3) is 2.11. The molecule has 2 aliphatic carbocycles. The Bertz CT molecular complexity index is 466. The number of fused-ring (bicyclic) bond motifs is 1. The largest absolute Gasteiger partial charge is 0.0625 e. The number of hydrogen-bond acceptors (Lipinski definition) is 0. The SMILES string of the molecule is Cc1ccc(CC(C)C)cc2c(C)ccc1-2. The van der Waals surface area contributed by atoms with Crippen molar-refractivity contribution in [2.45, 2.75) is 34.1 Å². The minimum Gasteiger partial charge on any atom is -0.0625 e. The number of rotatable bonds is 2. The van der Waals surface area contributed by atoms with Crippen LogP contribution < -0.4 is 0 Å². The summed E-state index contributed by atoms with van der Waals surface area (Å²) >= 11 is 0. The maximum Gasteiger partial charge on any atom is -0.0149 e. The fourth-order valence-electron chi connectivity index (χ4n) is 2.29. The van der Waals surface area contributed by atoms with Gasteiger partial charge in [-0.15, -0.1) is 0 Å². The Morgan fingerprint density at radius 3 is 2.19 bits per heavy atom. The van der Waals surface area contributed by atoms with Crippen molar-refractivity contribution in [1.29, 1.82) is 0 Å². The maximum atomic E-state index is 2.36. The lowest BCUT2D eigenvalue weighted by Crippen LogP contribution is -1.92. The van der Waals surface area contributed by atoms with Gasteiger partial charge in [0.05, 0.1) is 0 Å². The van der Waals surface area contributed by atoms with Gasteiger partial charge in [-0.2, -0.15) is 0 Å². The highest BCUT2D eigenvalue weighted by molar-refractivity contribution is 5.73. The normalized spacial score (nSPS) is 11.3. The van der Waals surface area contributed by atoms with Crippen LogP contribution in [0.25, 0.3) is 11.1 Å². The third-order valence-electron chi connectivity index (χ3n) is 3.16. The van der Waals surface area contributed by atoms with E-state index in [4.69, 9.17) is 0 Å². The van der Waals surface area contributed by atoms with E-state index in [9.17, 15) is 0 Å². The molecule has 0 saturated carbocycles. The molecule has 16 heavy (non-hydrogen) atoms. The van der Waals surface area contributed by atoms with Crippen LogP contribution in [0.3, 0.4) is 0 Å². The molecule has 0 bridgehead atoms. The van der Waals surface area contributed by atoms with Crippen LogP contribution in [0, 0.1) is 19.8 Å². The van der Waals surface area contributed by atoms with E-state index in [1.807, 2.05) is 0 Å². The van der Waals surface area contributed by atoms with Crippen molar-refractivity contribution in [3.63, 3.8) is 0 Å². The summed E-state index contributed by atoms with van der Waals surface area (Å²) in [5.74, 6) is 0.716. The van der Waals surface area contributed by atoms with E-state index >= 15 is 0 Å². The molecule has 84 valence electrons. The molecule has 0 atom stereocenters. The summed E-state index contributed by atoms with van der Waals surface area (Å²) in [4.78, 5) is 0. The van der Waals surface area contributed by atoms with Crippen LogP contribution in [0.2, 0.25) is 0 Å². The van der Waals surface area contributed by atoms with E-state index in [1.165, 1.54) is 27.8 Å². The van der Waals surface area contributed by atoms with Crippen molar-refractivity contribution < 1.29 is 0 Å². The highest BCUT2D eigenvalue weighted by Crippen LogP contribution is 2.30. The molecule has 2 rings (SSSR count). The van der Waals surface area contributed by atoms with Crippen molar-refractivity contribution in [2.24, 2.45) is 5.92 Å². The van der Waals surface area contributed by atoms with Crippen molar-refractivity contribution in [3.8, 4) is 11.1 Å². The van der Waals surface area contributed by atoms with Crippen LogP contribution in [-0.2, 0) is 6.42 Å². The summed E-state index contributed by atoms with van der Waals surface area (Å²) in [6.45, 7) is 8.94. The number of aryl methyl sites for hydroxylation is 2. The topological polar surface area (TPSA) is 0 Å². The predicted octanol–water partition coefficient (Wildman–Crippen LogP) is 4.61. The van der Waals surface area contributed by atoms with E-state index < -0.39 is 0 Å². The van der Waals surface area contributed by atoms with Crippen molar-refractivity contribution in [3.05, 3.63) is 47.0 Å². The van der Waals surface area contributed by atoms with Crippen molar-refractivity contribution in [1.82, 2.24) is 0 Å². The van der Waals surface area contributed by atoms with Crippen LogP contribution in [0.1, 0.15) is 30.5 Å². The van der Waals surface area contributed by atoms with E-state index in [-0.39, 0.29) is 0 Å². The first kappa shape index (κ1) is 11.2. The molecular formula is C16H20. The average molecular weight is 212 g/mol. The molecule has 0 spiro atoms. The van der Waals surface area contributed by atoms with Crippen molar-refractivity contribution >= 4 is 0 Å². The summed E-state index contributed by atoms with van der Waals surface area (Å²) in [6, 6.07) is 11.3. The Morgan fingerprint density at radius 1 is 0.875 bits per heavy atom. The second kappa shape index (κ2) is 4.29. The molecular weight excluding hydrogens is 192 g/mol. The molecule has 0 unspecified atom stereocenters. The van der Waals surface area contributed by atoms with Crippen molar-refractivity contribution in [2.75, 3.05) is 0 Å². The molecule has 2 aliphatic rings. The third-order valence-corrected chi connectivity index (χ3v) is 3.16. The number of hydrogen-bond donors (Lipinski definition) is 0. The Hall–Kier alpha value is -1.30. The first-order valence-corrected chi connectivity index (χ1v) is 6.07. The van der Waals surface area contributed by atoms with Crippen LogP contribution in [0.15, 0.2) is 30.3 Å². The first-order valence-electron chi connectivity index (χ1n) is 6.07. The highest BCUT2D eigenvalue weighted by atomic mass is 14.1. The maximum absolute atomic E-state index is 2.36. The Kier molecular flexibility index (Phi) is 3.00. The summed E-state index contributed by atoms with van der Waals surface area (Å²) in [5, 5.41) is 0. The summed E-state index contributed by atoms with van der Waals surface area (Å²) < 4.78 is 0. The van der Waals surface area contributed by atoms with Gasteiger partial charge in [-0.1, -0.05) is 44.2 Å². The molecule has 0 heteroatoms. The molecule has 0 aliphatic heterocycles. The van der Waals surface area contributed by atoms with Gasteiger partial charge >= 0.3 is 0 Å². The highest BCUT2D eigenvalue weighted by Gasteiger charge is 2.08. The van der Waals surface area contributed by atoms with Gasteiger partial charge in [-0.3, -0.25) is 0 Å². The molecule has 0 aromatic heterocycles. The molecule has 0 nitrogen and oxygen atoms in total. The second-order valence-electron chi connectivity index (χ2n) is 5.18. The Morgan fingerprint density at radius 2 is 1.50 bits per heavy atom. The minimum atomic E-state index is 0.716.